The molecule has 1 fully saturated rings. The Kier molecular flexibility index (Phi) is 5.04. The summed E-state index contributed by atoms with van der Waals surface area (Å²) in [5.74, 6) is 2.94. The van der Waals surface area contributed by atoms with Gasteiger partial charge in [-0.3, -0.25) is 4.90 Å². The molecular weight excluding hydrogens is 262 g/mol. The molecule has 0 radical (unpaired) electrons. The molecule has 1 heterocycles. The van der Waals surface area contributed by atoms with E-state index in [4.69, 9.17) is 5.73 Å². The number of anilines is 2. The zero-order valence-corrected chi connectivity index (χ0v) is 14.0. The van der Waals surface area contributed by atoms with Crippen LogP contribution in [0.1, 0.15) is 57.8 Å². The van der Waals surface area contributed by atoms with Gasteiger partial charge in [0, 0.05) is 36.7 Å². The standard InChI is InChI=1S/C16H29N5/c1-10(2)21(11(3)4)9-8-18-15-12(5)14(17)19-16(20-15)13-6-7-13/h10-11,13H,6-9H2,1-5H3,(H3,17,18,19,20). The van der Waals surface area contributed by atoms with E-state index in [1.807, 2.05) is 6.92 Å². The quantitative estimate of drug-likeness (QED) is 0.808. The molecule has 0 aromatic carbocycles. The lowest BCUT2D eigenvalue weighted by Gasteiger charge is -2.30. The van der Waals surface area contributed by atoms with Crippen molar-refractivity contribution in [3.8, 4) is 0 Å². The molecule has 0 spiro atoms. The van der Waals surface area contributed by atoms with Gasteiger partial charge in [-0.15, -0.1) is 0 Å². The summed E-state index contributed by atoms with van der Waals surface area (Å²) in [6.07, 6.45) is 2.38. The molecule has 0 atom stereocenters. The number of rotatable bonds is 7. The van der Waals surface area contributed by atoms with Gasteiger partial charge in [-0.2, -0.15) is 0 Å². The van der Waals surface area contributed by atoms with Gasteiger partial charge in [-0.05, 0) is 47.5 Å². The fourth-order valence-electron chi connectivity index (χ4n) is 2.66. The Morgan fingerprint density at radius 3 is 2.33 bits per heavy atom. The molecule has 21 heavy (non-hydrogen) atoms. The van der Waals surface area contributed by atoms with E-state index >= 15 is 0 Å². The summed E-state index contributed by atoms with van der Waals surface area (Å²) < 4.78 is 0. The van der Waals surface area contributed by atoms with Gasteiger partial charge >= 0.3 is 0 Å². The molecule has 5 nitrogen and oxygen atoms in total. The molecule has 0 bridgehead atoms. The van der Waals surface area contributed by atoms with E-state index in [9.17, 15) is 0 Å². The van der Waals surface area contributed by atoms with Crippen LogP contribution in [0.3, 0.4) is 0 Å². The molecule has 1 aliphatic rings. The fraction of sp³-hybridized carbons (Fsp3) is 0.750. The average Bonchev–Trinajstić information content (AvgIpc) is 3.22. The highest BCUT2D eigenvalue weighted by molar-refractivity contribution is 5.55. The van der Waals surface area contributed by atoms with Gasteiger partial charge in [0.15, 0.2) is 0 Å². The van der Waals surface area contributed by atoms with Crippen molar-refractivity contribution < 1.29 is 0 Å². The van der Waals surface area contributed by atoms with Crippen LogP contribution in [0.2, 0.25) is 0 Å². The molecule has 2 rings (SSSR count). The minimum Gasteiger partial charge on any atom is -0.383 e. The summed E-state index contributed by atoms with van der Waals surface area (Å²) in [6.45, 7) is 12.8. The van der Waals surface area contributed by atoms with Gasteiger partial charge in [0.1, 0.15) is 17.5 Å². The molecule has 3 N–H and O–H groups in total. The van der Waals surface area contributed by atoms with Crippen LogP contribution >= 0.6 is 0 Å². The lowest BCUT2D eigenvalue weighted by molar-refractivity contribution is 0.182. The van der Waals surface area contributed by atoms with Gasteiger partial charge in [0.25, 0.3) is 0 Å². The van der Waals surface area contributed by atoms with E-state index in [0.29, 0.717) is 23.8 Å². The fourth-order valence-corrected chi connectivity index (χ4v) is 2.66. The molecule has 0 amide bonds. The number of nitrogens with one attached hydrogen (secondary N) is 1. The summed E-state index contributed by atoms with van der Waals surface area (Å²) in [6, 6.07) is 1.09. The van der Waals surface area contributed by atoms with Crippen LogP contribution in [0.15, 0.2) is 0 Å². The maximum atomic E-state index is 6.01. The summed E-state index contributed by atoms with van der Waals surface area (Å²) in [4.78, 5) is 11.5. The summed E-state index contributed by atoms with van der Waals surface area (Å²) in [7, 11) is 0. The Morgan fingerprint density at radius 1 is 1.19 bits per heavy atom. The smallest absolute Gasteiger partial charge is 0.136 e. The highest BCUT2D eigenvalue weighted by Crippen LogP contribution is 2.39. The van der Waals surface area contributed by atoms with Crippen molar-refractivity contribution >= 4 is 11.6 Å². The number of nitrogens with zero attached hydrogens (tertiary/aromatic N) is 3. The Hall–Kier alpha value is -1.36. The van der Waals surface area contributed by atoms with Gasteiger partial charge in [-0.25, -0.2) is 9.97 Å². The summed E-state index contributed by atoms with van der Waals surface area (Å²) >= 11 is 0. The highest BCUT2D eigenvalue weighted by atomic mass is 15.2. The number of nitrogens with two attached hydrogens (primary N) is 1. The Labute approximate surface area is 128 Å². The van der Waals surface area contributed by atoms with E-state index < -0.39 is 0 Å². The third-order valence-electron chi connectivity index (χ3n) is 4.13. The third-order valence-corrected chi connectivity index (χ3v) is 4.13. The number of nitrogen functional groups attached to an aromatic ring is 1. The van der Waals surface area contributed by atoms with Crippen LogP contribution in [-0.2, 0) is 0 Å². The second-order valence-electron chi connectivity index (χ2n) is 6.57. The average molecular weight is 291 g/mol. The number of hydrogen-bond donors (Lipinski definition) is 2. The second kappa shape index (κ2) is 6.60. The molecule has 0 unspecified atom stereocenters. The Morgan fingerprint density at radius 2 is 1.81 bits per heavy atom. The Balaban J connectivity index is 1.99. The largest absolute Gasteiger partial charge is 0.383 e. The lowest BCUT2D eigenvalue weighted by atomic mass is 10.2. The first kappa shape index (κ1) is 16.0. The normalized spacial score (nSPS) is 15.2. The maximum Gasteiger partial charge on any atom is 0.136 e. The molecule has 5 heteroatoms. The van der Waals surface area contributed by atoms with E-state index in [0.717, 1.165) is 30.3 Å². The predicted molar refractivity (Wildman–Crippen MR) is 88.6 cm³/mol. The van der Waals surface area contributed by atoms with E-state index in [2.05, 4.69) is 47.9 Å². The number of aromatic nitrogens is 2. The molecule has 1 saturated carbocycles. The second-order valence-corrected chi connectivity index (χ2v) is 6.57. The topological polar surface area (TPSA) is 67.1 Å². The first-order valence-corrected chi connectivity index (χ1v) is 8.03. The van der Waals surface area contributed by atoms with Gasteiger partial charge in [0.2, 0.25) is 0 Å². The van der Waals surface area contributed by atoms with E-state index in [1.54, 1.807) is 0 Å². The first-order chi connectivity index (χ1) is 9.90. The van der Waals surface area contributed by atoms with Gasteiger partial charge in [0.05, 0.1) is 0 Å². The van der Waals surface area contributed by atoms with Crippen LogP contribution < -0.4 is 11.1 Å². The van der Waals surface area contributed by atoms with Crippen LogP contribution in [0.4, 0.5) is 11.6 Å². The van der Waals surface area contributed by atoms with Crippen molar-refractivity contribution in [2.45, 2.75) is 65.5 Å². The predicted octanol–water partition coefficient (Wildman–Crippen LogP) is 2.78. The molecule has 0 saturated heterocycles. The van der Waals surface area contributed by atoms with Crippen molar-refractivity contribution in [1.82, 2.24) is 14.9 Å². The monoisotopic (exact) mass is 291 g/mol. The van der Waals surface area contributed by atoms with Crippen LogP contribution in [0.25, 0.3) is 0 Å². The van der Waals surface area contributed by atoms with Crippen molar-refractivity contribution in [2.24, 2.45) is 0 Å². The molecule has 118 valence electrons. The van der Waals surface area contributed by atoms with Crippen LogP contribution in [0.5, 0.6) is 0 Å². The summed E-state index contributed by atoms with van der Waals surface area (Å²) in [5.41, 5.74) is 6.97. The van der Waals surface area contributed by atoms with E-state index in [-0.39, 0.29) is 0 Å². The van der Waals surface area contributed by atoms with Crippen molar-refractivity contribution in [3.05, 3.63) is 11.4 Å². The van der Waals surface area contributed by atoms with Crippen molar-refractivity contribution in [3.63, 3.8) is 0 Å². The third kappa shape index (κ3) is 4.06. The number of hydrogen-bond acceptors (Lipinski definition) is 5. The van der Waals surface area contributed by atoms with Gasteiger partial charge < -0.3 is 11.1 Å². The SMILES string of the molecule is Cc1c(N)nc(C2CC2)nc1NCCN(C(C)C)C(C)C. The van der Waals surface area contributed by atoms with Crippen LogP contribution in [0, 0.1) is 6.92 Å². The molecule has 1 aliphatic carbocycles. The minimum absolute atomic E-state index is 0.524. The summed E-state index contributed by atoms with van der Waals surface area (Å²) in [5, 5.41) is 3.44. The first-order valence-electron chi connectivity index (χ1n) is 8.03. The minimum atomic E-state index is 0.524. The van der Waals surface area contributed by atoms with Crippen molar-refractivity contribution in [1.29, 1.82) is 0 Å². The molecular formula is C16H29N5. The molecule has 1 aromatic heterocycles. The zero-order chi connectivity index (χ0) is 15.6. The van der Waals surface area contributed by atoms with Crippen molar-refractivity contribution in [2.75, 3.05) is 24.1 Å². The zero-order valence-electron chi connectivity index (χ0n) is 14.0. The molecule has 0 aliphatic heterocycles. The lowest BCUT2D eigenvalue weighted by Crippen LogP contribution is -2.40. The van der Waals surface area contributed by atoms with E-state index in [1.165, 1.54) is 12.8 Å². The highest BCUT2D eigenvalue weighted by Gasteiger charge is 2.27. The van der Waals surface area contributed by atoms with Crippen LogP contribution in [-0.4, -0.2) is 40.0 Å². The Bertz CT molecular complexity index is 472. The molecule has 1 aromatic rings. The van der Waals surface area contributed by atoms with Gasteiger partial charge in [-0.1, -0.05) is 0 Å². The maximum absolute atomic E-state index is 6.01.